The van der Waals surface area contributed by atoms with Crippen molar-refractivity contribution in [2.24, 2.45) is 5.92 Å². The van der Waals surface area contributed by atoms with E-state index in [0.29, 0.717) is 53.9 Å². The number of thioether (sulfide) groups is 1. The minimum atomic E-state index is -4.10. The summed E-state index contributed by atoms with van der Waals surface area (Å²) in [5.74, 6) is 1.20. The van der Waals surface area contributed by atoms with E-state index in [-0.39, 0.29) is 22.1 Å². The maximum Gasteiger partial charge on any atom is 0.261 e. The second kappa shape index (κ2) is 14.0. The third-order valence-corrected chi connectivity index (χ3v) is 9.50. The lowest BCUT2D eigenvalue weighted by Crippen LogP contribution is -2.38. The Morgan fingerprint density at radius 2 is 1.67 bits per heavy atom. The summed E-state index contributed by atoms with van der Waals surface area (Å²) in [6, 6.07) is 16.5. The summed E-state index contributed by atoms with van der Waals surface area (Å²) < 4.78 is 40.1. The van der Waals surface area contributed by atoms with E-state index < -0.39 is 15.9 Å². The molecule has 4 rings (SSSR count). The average Bonchev–Trinajstić information content (AvgIpc) is 3.00. The van der Waals surface area contributed by atoms with Crippen LogP contribution in [0.1, 0.15) is 46.0 Å². The van der Waals surface area contributed by atoms with Crippen LogP contribution in [-0.2, 0) is 16.4 Å². The topological polar surface area (TPSA) is 114 Å². The van der Waals surface area contributed by atoms with Crippen LogP contribution in [0.15, 0.2) is 70.5 Å². The van der Waals surface area contributed by atoms with Crippen LogP contribution in [0.2, 0.25) is 0 Å². The van der Waals surface area contributed by atoms with Gasteiger partial charge in [-0.15, -0.1) is 11.8 Å². The Morgan fingerprint density at radius 1 is 0.952 bits per heavy atom. The molecule has 224 valence electrons. The van der Waals surface area contributed by atoms with Crippen LogP contribution in [0.25, 0.3) is 0 Å². The van der Waals surface area contributed by atoms with Crippen molar-refractivity contribution in [3.63, 3.8) is 0 Å². The Kier molecular flexibility index (Phi) is 10.4. The molecular weight excluding hydrogens is 574 g/mol. The number of amides is 2. The molecule has 3 aromatic carbocycles. The number of likely N-dealkylation sites (tertiary alicyclic amines) is 1. The van der Waals surface area contributed by atoms with E-state index >= 15 is 0 Å². The van der Waals surface area contributed by atoms with Crippen LogP contribution in [0.5, 0.6) is 11.5 Å². The minimum Gasteiger partial charge on any atom is -0.493 e. The van der Waals surface area contributed by atoms with Crippen LogP contribution in [-0.4, -0.2) is 65.2 Å². The molecule has 0 radical (unpaired) electrons. The number of carbonyl (C=O) groups is 2. The van der Waals surface area contributed by atoms with Crippen molar-refractivity contribution < 1.29 is 27.5 Å². The maximum absolute atomic E-state index is 13.5. The molecular formula is C31H37N3O6S2. The molecule has 11 heteroatoms. The van der Waals surface area contributed by atoms with E-state index in [0.717, 1.165) is 18.4 Å². The highest BCUT2D eigenvalue weighted by Crippen LogP contribution is 2.29. The lowest BCUT2D eigenvalue weighted by atomic mass is 9.98. The molecule has 0 spiro atoms. The van der Waals surface area contributed by atoms with Crippen molar-refractivity contribution in [3.8, 4) is 11.5 Å². The van der Waals surface area contributed by atoms with Crippen LogP contribution in [0.3, 0.4) is 0 Å². The molecule has 0 atom stereocenters. The van der Waals surface area contributed by atoms with Gasteiger partial charge in [0.25, 0.3) is 21.8 Å². The molecule has 2 amide bonds. The van der Waals surface area contributed by atoms with Gasteiger partial charge in [0.1, 0.15) is 0 Å². The lowest BCUT2D eigenvalue weighted by molar-refractivity contribution is 0.0693. The predicted octanol–water partition coefficient (Wildman–Crippen LogP) is 5.07. The van der Waals surface area contributed by atoms with Gasteiger partial charge < -0.3 is 19.7 Å². The van der Waals surface area contributed by atoms with E-state index in [2.05, 4.69) is 17.0 Å². The van der Waals surface area contributed by atoms with Gasteiger partial charge in [-0.25, -0.2) is 8.42 Å². The first-order valence-corrected chi connectivity index (χ1v) is 16.5. The molecule has 0 aliphatic carbocycles. The largest absolute Gasteiger partial charge is 0.493 e. The Bertz CT molecular complexity index is 1540. The first-order chi connectivity index (χ1) is 20.2. The van der Waals surface area contributed by atoms with Crippen molar-refractivity contribution >= 4 is 39.3 Å². The molecule has 1 heterocycles. The zero-order valence-electron chi connectivity index (χ0n) is 24.3. The first kappa shape index (κ1) is 31.2. The van der Waals surface area contributed by atoms with Gasteiger partial charge in [-0.1, -0.05) is 25.1 Å². The van der Waals surface area contributed by atoms with Crippen LogP contribution >= 0.6 is 11.8 Å². The Labute approximate surface area is 252 Å². The van der Waals surface area contributed by atoms with Gasteiger partial charge in [0, 0.05) is 24.5 Å². The fraction of sp³-hybridized carbons (Fsp3) is 0.355. The number of benzene rings is 3. The number of sulfonamides is 1. The number of ether oxygens (including phenoxy) is 2. The summed E-state index contributed by atoms with van der Waals surface area (Å²) >= 11 is 1.40. The van der Waals surface area contributed by atoms with Crippen molar-refractivity contribution in [1.82, 2.24) is 10.2 Å². The van der Waals surface area contributed by atoms with Crippen LogP contribution < -0.4 is 19.5 Å². The van der Waals surface area contributed by atoms with E-state index in [1.807, 2.05) is 18.4 Å². The van der Waals surface area contributed by atoms with Crippen LogP contribution in [0, 0.1) is 5.92 Å². The fourth-order valence-corrected chi connectivity index (χ4v) is 6.50. The van der Waals surface area contributed by atoms with Crippen molar-refractivity contribution in [3.05, 3.63) is 77.4 Å². The Balaban J connectivity index is 1.48. The number of hydrogen-bond acceptors (Lipinski definition) is 7. The number of anilines is 1. The summed E-state index contributed by atoms with van der Waals surface area (Å²) in [6.07, 6.45) is 4.24. The summed E-state index contributed by atoms with van der Waals surface area (Å²) in [4.78, 5) is 28.9. The van der Waals surface area contributed by atoms with Gasteiger partial charge >= 0.3 is 0 Å². The number of nitrogens with one attached hydrogen (secondary N) is 2. The minimum absolute atomic E-state index is 0.0438. The fourth-order valence-electron chi connectivity index (χ4n) is 4.83. The van der Waals surface area contributed by atoms with E-state index in [9.17, 15) is 18.0 Å². The standard InChI is InChI=1S/C31H37N3O6S2/c1-21-14-17-34(18-15-21)31(36)25-20-23(10-12-29(25)41-4)42(37,38)33-26-8-6-5-7-24(26)30(35)32-16-13-22-9-11-27(39-2)28(19-22)40-3/h5-12,19-21,33H,13-18H2,1-4H3,(H,32,35). The summed E-state index contributed by atoms with van der Waals surface area (Å²) in [5.41, 5.74) is 1.64. The van der Waals surface area contributed by atoms with Gasteiger partial charge in [0.15, 0.2) is 11.5 Å². The van der Waals surface area contributed by atoms with E-state index in [4.69, 9.17) is 9.47 Å². The molecule has 1 aliphatic heterocycles. The number of carbonyl (C=O) groups excluding carboxylic acids is 2. The number of rotatable bonds is 11. The highest BCUT2D eigenvalue weighted by atomic mass is 32.2. The second-order valence-electron chi connectivity index (χ2n) is 10.2. The number of hydrogen-bond donors (Lipinski definition) is 2. The number of para-hydroxylation sites is 1. The molecule has 1 saturated heterocycles. The zero-order chi connectivity index (χ0) is 30.3. The molecule has 1 aliphatic rings. The molecule has 9 nitrogen and oxygen atoms in total. The molecule has 0 saturated carbocycles. The molecule has 0 bridgehead atoms. The monoisotopic (exact) mass is 611 g/mol. The predicted molar refractivity (Wildman–Crippen MR) is 165 cm³/mol. The third-order valence-electron chi connectivity index (χ3n) is 7.35. The molecule has 3 aromatic rings. The normalized spacial score (nSPS) is 13.9. The average molecular weight is 612 g/mol. The Morgan fingerprint density at radius 3 is 2.36 bits per heavy atom. The molecule has 0 aromatic heterocycles. The van der Waals surface area contributed by atoms with Gasteiger partial charge in [0.05, 0.1) is 35.9 Å². The van der Waals surface area contributed by atoms with Gasteiger partial charge in [-0.2, -0.15) is 0 Å². The van der Waals surface area contributed by atoms with E-state index in [1.165, 1.54) is 30.0 Å². The quantitative estimate of drug-likeness (QED) is 0.291. The Hall–Kier alpha value is -3.70. The number of piperidine rings is 1. The molecule has 2 N–H and O–H groups in total. The number of nitrogens with zero attached hydrogens (tertiary/aromatic N) is 1. The second-order valence-corrected chi connectivity index (χ2v) is 12.7. The smallest absolute Gasteiger partial charge is 0.261 e. The summed E-state index contributed by atoms with van der Waals surface area (Å²) in [7, 11) is -0.975. The molecule has 1 fully saturated rings. The number of methoxy groups -OCH3 is 2. The zero-order valence-corrected chi connectivity index (χ0v) is 25.9. The summed E-state index contributed by atoms with van der Waals surface area (Å²) in [5, 5.41) is 2.86. The third kappa shape index (κ3) is 7.38. The van der Waals surface area contributed by atoms with Gasteiger partial charge in [-0.3, -0.25) is 14.3 Å². The summed E-state index contributed by atoms with van der Waals surface area (Å²) in [6.45, 7) is 3.80. The van der Waals surface area contributed by atoms with Crippen molar-refractivity contribution in [2.75, 3.05) is 44.8 Å². The molecule has 0 unspecified atom stereocenters. The van der Waals surface area contributed by atoms with Crippen molar-refractivity contribution in [2.45, 2.75) is 36.0 Å². The van der Waals surface area contributed by atoms with Gasteiger partial charge in [0.2, 0.25) is 0 Å². The SMILES string of the molecule is COc1ccc(CCNC(=O)c2ccccc2NS(=O)(=O)c2ccc(SC)c(C(=O)N3CCC(C)CC3)c2)cc1OC. The molecule has 42 heavy (non-hydrogen) atoms. The van der Waals surface area contributed by atoms with E-state index in [1.54, 1.807) is 49.5 Å². The lowest BCUT2D eigenvalue weighted by Gasteiger charge is -2.30. The van der Waals surface area contributed by atoms with Crippen molar-refractivity contribution in [1.29, 1.82) is 0 Å². The maximum atomic E-state index is 13.5. The van der Waals surface area contributed by atoms with Crippen LogP contribution in [0.4, 0.5) is 5.69 Å². The first-order valence-electron chi connectivity index (χ1n) is 13.7. The highest BCUT2D eigenvalue weighted by molar-refractivity contribution is 7.98. The highest BCUT2D eigenvalue weighted by Gasteiger charge is 2.26. The van der Waals surface area contributed by atoms with Gasteiger partial charge in [-0.05, 0) is 79.5 Å².